The Morgan fingerprint density at radius 1 is 0.872 bits per heavy atom. The lowest BCUT2D eigenvalue weighted by atomic mass is 10.0. The molecule has 2 N–H and O–H groups in total. The second kappa shape index (κ2) is 12.9. The Labute approximate surface area is 269 Å². The fraction of sp³-hybridized carbons (Fsp3) is 0.167. The van der Waals surface area contributed by atoms with Crippen molar-refractivity contribution in [2.75, 3.05) is 35.7 Å². The van der Waals surface area contributed by atoms with Gasteiger partial charge < -0.3 is 20.3 Å². The summed E-state index contributed by atoms with van der Waals surface area (Å²) in [5.41, 5.74) is 4.67. The van der Waals surface area contributed by atoms with E-state index in [4.69, 9.17) is 14.7 Å². The van der Waals surface area contributed by atoms with E-state index in [9.17, 15) is 13.6 Å². The highest BCUT2D eigenvalue weighted by Crippen LogP contribution is 2.35. The number of halogens is 2. The molecule has 6 aromatic rings. The molecule has 9 nitrogen and oxygen atoms in total. The van der Waals surface area contributed by atoms with Crippen LogP contribution in [0.3, 0.4) is 0 Å². The minimum Gasteiger partial charge on any atom is -0.494 e. The molecule has 0 bridgehead atoms. The summed E-state index contributed by atoms with van der Waals surface area (Å²) in [6.45, 7) is 2.06. The Balaban J connectivity index is 1.22. The Morgan fingerprint density at radius 3 is 2.49 bits per heavy atom. The number of nitrogens with one attached hydrogen (secondary N) is 2. The predicted molar refractivity (Wildman–Crippen MR) is 178 cm³/mol. The fourth-order valence-corrected chi connectivity index (χ4v) is 5.86. The largest absolute Gasteiger partial charge is 0.494 e. The first kappa shape index (κ1) is 29.8. The molecule has 0 radical (unpaired) electrons. The number of hydrogen-bond donors (Lipinski definition) is 2. The quantitative estimate of drug-likeness (QED) is 0.177. The lowest BCUT2D eigenvalue weighted by Crippen LogP contribution is -2.29. The topological polar surface area (TPSA) is 96.7 Å². The number of amides is 1. The molecule has 3 aromatic heterocycles. The number of fused-ring (bicyclic) bond motifs is 1. The van der Waals surface area contributed by atoms with E-state index in [0.29, 0.717) is 40.0 Å². The van der Waals surface area contributed by atoms with Crippen molar-refractivity contribution in [2.24, 2.45) is 0 Å². The average molecular weight is 632 g/mol. The molecule has 0 spiro atoms. The van der Waals surface area contributed by atoms with Crippen LogP contribution in [-0.4, -0.2) is 45.5 Å². The lowest BCUT2D eigenvalue weighted by Gasteiger charge is -2.29. The van der Waals surface area contributed by atoms with E-state index in [1.54, 1.807) is 37.6 Å². The molecule has 1 amide bonds. The van der Waals surface area contributed by atoms with Gasteiger partial charge in [-0.05, 0) is 73.9 Å². The molecule has 1 fully saturated rings. The third-order valence-corrected chi connectivity index (χ3v) is 8.18. The Hall–Kier alpha value is -5.84. The molecule has 7 rings (SSSR count). The van der Waals surface area contributed by atoms with Gasteiger partial charge in [0.15, 0.2) is 0 Å². The van der Waals surface area contributed by atoms with Crippen molar-refractivity contribution in [3.05, 3.63) is 115 Å². The fourth-order valence-electron chi connectivity index (χ4n) is 5.86. The van der Waals surface area contributed by atoms with Crippen LogP contribution in [0.1, 0.15) is 29.6 Å². The number of carbonyl (C=O) groups is 1. The van der Waals surface area contributed by atoms with Crippen LogP contribution in [0, 0.1) is 11.6 Å². The van der Waals surface area contributed by atoms with Gasteiger partial charge >= 0.3 is 0 Å². The molecule has 11 heteroatoms. The minimum atomic E-state index is -0.860. The molecule has 1 saturated heterocycles. The molecule has 1 aliphatic rings. The van der Waals surface area contributed by atoms with Crippen molar-refractivity contribution in [2.45, 2.75) is 19.3 Å². The first-order valence-electron chi connectivity index (χ1n) is 15.3. The summed E-state index contributed by atoms with van der Waals surface area (Å²) in [7, 11) is 1.64. The number of anilines is 4. The lowest BCUT2D eigenvalue weighted by molar-refractivity contribution is 0.102. The van der Waals surface area contributed by atoms with E-state index in [2.05, 4.69) is 26.6 Å². The number of ether oxygens (including phenoxy) is 1. The number of aromatic nitrogens is 4. The molecule has 1 aliphatic heterocycles. The summed E-state index contributed by atoms with van der Waals surface area (Å²) in [4.78, 5) is 29.7. The maximum Gasteiger partial charge on any atom is 0.255 e. The number of piperidine rings is 1. The molecular formula is C36H31F2N7O2. The number of nitrogens with zero attached hydrogens (tertiary/aromatic N) is 5. The van der Waals surface area contributed by atoms with Crippen LogP contribution in [0.4, 0.5) is 31.8 Å². The van der Waals surface area contributed by atoms with Crippen LogP contribution < -0.4 is 20.3 Å². The number of rotatable bonds is 8. The van der Waals surface area contributed by atoms with Gasteiger partial charge in [-0.1, -0.05) is 24.3 Å². The third-order valence-electron chi connectivity index (χ3n) is 8.18. The van der Waals surface area contributed by atoms with E-state index in [0.717, 1.165) is 36.6 Å². The monoisotopic (exact) mass is 631 g/mol. The maximum absolute atomic E-state index is 14.2. The summed E-state index contributed by atoms with van der Waals surface area (Å²) in [6, 6.07) is 23.7. The van der Waals surface area contributed by atoms with Crippen LogP contribution in [0.15, 0.2) is 97.3 Å². The Morgan fingerprint density at radius 2 is 1.68 bits per heavy atom. The van der Waals surface area contributed by atoms with Crippen molar-refractivity contribution < 1.29 is 18.3 Å². The zero-order chi connectivity index (χ0) is 32.3. The third kappa shape index (κ3) is 6.07. The van der Waals surface area contributed by atoms with Gasteiger partial charge in [0.1, 0.15) is 28.7 Å². The molecule has 236 valence electrons. The average Bonchev–Trinajstić information content (AvgIpc) is 3.50. The SMILES string of the molecule is COc1cc(N2CCCCC2)ccc1Nc1nccc(-c2c(-c3cccc(C(=O)Nc4c(F)cccc4F)c3)nc3ccccn23)n1. The number of para-hydroxylation sites is 1. The van der Waals surface area contributed by atoms with E-state index < -0.39 is 23.2 Å². The summed E-state index contributed by atoms with van der Waals surface area (Å²) in [6.07, 6.45) is 7.17. The highest BCUT2D eigenvalue weighted by molar-refractivity contribution is 6.05. The second-order valence-corrected chi connectivity index (χ2v) is 11.2. The van der Waals surface area contributed by atoms with Crippen molar-refractivity contribution >= 4 is 34.6 Å². The smallest absolute Gasteiger partial charge is 0.255 e. The summed E-state index contributed by atoms with van der Waals surface area (Å²) in [5.74, 6) is -1.33. The first-order valence-corrected chi connectivity index (χ1v) is 15.3. The predicted octanol–water partition coefficient (Wildman–Crippen LogP) is 7.73. The molecule has 4 heterocycles. The van der Waals surface area contributed by atoms with E-state index >= 15 is 0 Å². The molecule has 0 aliphatic carbocycles. The number of imidazole rings is 1. The zero-order valence-corrected chi connectivity index (χ0v) is 25.6. The number of hydrogen-bond acceptors (Lipinski definition) is 7. The highest BCUT2D eigenvalue weighted by Gasteiger charge is 2.20. The van der Waals surface area contributed by atoms with E-state index in [-0.39, 0.29) is 5.56 Å². The molecule has 3 aromatic carbocycles. The van der Waals surface area contributed by atoms with Crippen LogP contribution in [-0.2, 0) is 0 Å². The molecule has 0 saturated carbocycles. The molecule has 0 atom stereocenters. The highest BCUT2D eigenvalue weighted by atomic mass is 19.1. The van der Waals surface area contributed by atoms with Gasteiger partial charge in [-0.3, -0.25) is 9.20 Å². The van der Waals surface area contributed by atoms with Gasteiger partial charge in [0.05, 0.1) is 29.9 Å². The standard InChI is InChI=1S/C36H31F2N7O2/c1-47-30-22-25(44-18-4-2-5-19-44)14-15-28(30)40-36-39-17-16-29(41-36)34-32(42-31-13-3-6-20-45(31)34)23-9-7-10-24(21-23)35(46)43-33-26(37)11-8-12-27(33)38/h3,6-17,20-22H,2,4-5,18-19H2,1H3,(H,43,46)(H,39,40,41). The number of pyridine rings is 1. The normalized spacial score (nSPS) is 13.0. The second-order valence-electron chi connectivity index (χ2n) is 11.2. The number of benzene rings is 3. The van der Waals surface area contributed by atoms with Gasteiger partial charge in [-0.15, -0.1) is 0 Å². The molecule has 47 heavy (non-hydrogen) atoms. The number of carbonyl (C=O) groups excluding carboxylic acids is 1. The zero-order valence-electron chi connectivity index (χ0n) is 25.6. The summed E-state index contributed by atoms with van der Waals surface area (Å²) < 4.78 is 36.1. The molecular weight excluding hydrogens is 600 g/mol. The van der Waals surface area contributed by atoms with Crippen molar-refractivity contribution in [1.82, 2.24) is 19.4 Å². The minimum absolute atomic E-state index is 0.207. The van der Waals surface area contributed by atoms with E-state index in [1.165, 1.54) is 25.3 Å². The molecule has 0 unspecified atom stereocenters. The van der Waals surface area contributed by atoms with Gasteiger partial charge in [0.25, 0.3) is 5.91 Å². The maximum atomic E-state index is 14.2. The van der Waals surface area contributed by atoms with Gasteiger partial charge in [0.2, 0.25) is 5.95 Å². The van der Waals surface area contributed by atoms with Crippen LogP contribution in [0.25, 0.3) is 28.3 Å². The van der Waals surface area contributed by atoms with Crippen molar-refractivity contribution in [1.29, 1.82) is 0 Å². The van der Waals surface area contributed by atoms with Crippen LogP contribution in [0.5, 0.6) is 5.75 Å². The van der Waals surface area contributed by atoms with Crippen LogP contribution in [0.2, 0.25) is 0 Å². The Bertz CT molecular complexity index is 2070. The summed E-state index contributed by atoms with van der Waals surface area (Å²) >= 11 is 0. The number of methoxy groups -OCH3 is 1. The van der Waals surface area contributed by atoms with Gasteiger partial charge in [0, 0.05) is 48.4 Å². The van der Waals surface area contributed by atoms with Gasteiger partial charge in [-0.25, -0.2) is 23.7 Å². The summed E-state index contributed by atoms with van der Waals surface area (Å²) in [5, 5.41) is 5.66. The van der Waals surface area contributed by atoms with Crippen LogP contribution >= 0.6 is 0 Å². The first-order chi connectivity index (χ1) is 23.0. The van der Waals surface area contributed by atoms with Crippen molar-refractivity contribution in [3.8, 4) is 28.4 Å². The van der Waals surface area contributed by atoms with E-state index in [1.807, 2.05) is 47.0 Å². The van der Waals surface area contributed by atoms with Crippen molar-refractivity contribution in [3.63, 3.8) is 0 Å². The van der Waals surface area contributed by atoms with Gasteiger partial charge in [-0.2, -0.15) is 0 Å². The Kier molecular flexibility index (Phi) is 8.18.